The molecule has 0 aromatic rings. The summed E-state index contributed by atoms with van der Waals surface area (Å²) >= 11 is 0. The molecule has 1 heterocycles. The molecule has 0 spiro atoms. The largest absolute Gasteiger partial charge is 0.328 e. The van der Waals surface area contributed by atoms with E-state index in [-0.39, 0.29) is 18.8 Å². The number of hydrogen-bond donors (Lipinski definition) is 2. The van der Waals surface area contributed by atoms with E-state index in [0.717, 1.165) is 19.4 Å². The molecule has 3 heteroatoms. The zero-order valence-electron chi connectivity index (χ0n) is 5.44. The SMILES string of the molecule is NC1CCNC(CF)C1. The van der Waals surface area contributed by atoms with E-state index in [1.807, 2.05) is 0 Å². The van der Waals surface area contributed by atoms with Crippen molar-refractivity contribution in [1.82, 2.24) is 5.32 Å². The van der Waals surface area contributed by atoms with Crippen LogP contribution in [0.4, 0.5) is 4.39 Å². The van der Waals surface area contributed by atoms with E-state index in [1.165, 1.54) is 0 Å². The zero-order valence-corrected chi connectivity index (χ0v) is 5.44. The van der Waals surface area contributed by atoms with E-state index < -0.39 is 0 Å². The van der Waals surface area contributed by atoms with Crippen LogP contribution >= 0.6 is 0 Å². The molecule has 1 fully saturated rings. The highest BCUT2D eigenvalue weighted by atomic mass is 19.1. The van der Waals surface area contributed by atoms with Crippen molar-refractivity contribution in [3.8, 4) is 0 Å². The number of hydrogen-bond acceptors (Lipinski definition) is 2. The standard InChI is InChI=1S/C6H13FN2/c7-4-6-3-5(8)1-2-9-6/h5-6,9H,1-4,8H2. The van der Waals surface area contributed by atoms with Gasteiger partial charge in [-0.1, -0.05) is 0 Å². The lowest BCUT2D eigenvalue weighted by Gasteiger charge is -2.25. The molecular formula is C6H13FN2. The second kappa shape index (κ2) is 3.13. The predicted octanol–water partition coefficient (Wildman–Crippen LogP) is 0.0352. The van der Waals surface area contributed by atoms with Gasteiger partial charge >= 0.3 is 0 Å². The van der Waals surface area contributed by atoms with Crippen LogP contribution in [0.5, 0.6) is 0 Å². The molecule has 0 amide bonds. The van der Waals surface area contributed by atoms with Crippen LogP contribution in [0, 0.1) is 0 Å². The number of nitrogens with two attached hydrogens (primary N) is 1. The van der Waals surface area contributed by atoms with Crippen molar-refractivity contribution < 1.29 is 4.39 Å². The summed E-state index contributed by atoms with van der Waals surface area (Å²) in [6.07, 6.45) is 1.77. The van der Waals surface area contributed by atoms with Crippen LogP contribution in [0.15, 0.2) is 0 Å². The van der Waals surface area contributed by atoms with Crippen LogP contribution in [0.1, 0.15) is 12.8 Å². The molecule has 0 radical (unpaired) electrons. The van der Waals surface area contributed by atoms with Gasteiger partial charge in [0.25, 0.3) is 0 Å². The summed E-state index contributed by atoms with van der Waals surface area (Å²) in [6.45, 7) is 0.587. The van der Waals surface area contributed by atoms with Crippen molar-refractivity contribution in [2.75, 3.05) is 13.2 Å². The van der Waals surface area contributed by atoms with Crippen LogP contribution in [0.3, 0.4) is 0 Å². The van der Waals surface area contributed by atoms with Crippen molar-refractivity contribution in [1.29, 1.82) is 0 Å². The lowest BCUT2D eigenvalue weighted by Crippen LogP contribution is -2.44. The first-order valence-electron chi connectivity index (χ1n) is 3.38. The molecule has 1 aliphatic heterocycles. The minimum atomic E-state index is -0.284. The molecule has 2 unspecified atom stereocenters. The molecule has 1 aliphatic rings. The van der Waals surface area contributed by atoms with Crippen LogP contribution < -0.4 is 11.1 Å². The predicted molar refractivity (Wildman–Crippen MR) is 35.0 cm³/mol. The van der Waals surface area contributed by atoms with Crippen LogP contribution in [0.25, 0.3) is 0 Å². The highest BCUT2D eigenvalue weighted by Crippen LogP contribution is 2.05. The second-order valence-corrected chi connectivity index (χ2v) is 2.59. The van der Waals surface area contributed by atoms with E-state index in [9.17, 15) is 4.39 Å². The van der Waals surface area contributed by atoms with Crippen LogP contribution in [-0.4, -0.2) is 25.3 Å². The Morgan fingerprint density at radius 3 is 2.89 bits per heavy atom. The summed E-state index contributed by atoms with van der Waals surface area (Å²) in [5.41, 5.74) is 5.59. The molecule has 1 saturated heterocycles. The fourth-order valence-corrected chi connectivity index (χ4v) is 1.16. The minimum Gasteiger partial charge on any atom is -0.328 e. The second-order valence-electron chi connectivity index (χ2n) is 2.59. The smallest absolute Gasteiger partial charge is 0.105 e. The maximum atomic E-state index is 11.9. The molecule has 2 atom stereocenters. The number of alkyl halides is 1. The normalized spacial score (nSPS) is 36.7. The first-order chi connectivity index (χ1) is 4.33. The van der Waals surface area contributed by atoms with Gasteiger partial charge in [-0.25, -0.2) is 4.39 Å². The third-order valence-electron chi connectivity index (χ3n) is 1.72. The molecular weight excluding hydrogens is 119 g/mol. The molecule has 54 valence electrons. The summed E-state index contributed by atoms with van der Waals surface area (Å²) in [6, 6.07) is 0.237. The van der Waals surface area contributed by atoms with Gasteiger partial charge in [0, 0.05) is 12.1 Å². The zero-order chi connectivity index (χ0) is 6.69. The highest BCUT2D eigenvalue weighted by Gasteiger charge is 2.17. The summed E-state index contributed by atoms with van der Waals surface area (Å²) in [7, 11) is 0. The third kappa shape index (κ3) is 1.91. The van der Waals surface area contributed by atoms with Crippen molar-refractivity contribution >= 4 is 0 Å². The van der Waals surface area contributed by atoms with Crippen molar-refractivity contribution in [2.24, 2.45) is 5.73 Å². The van der Waals surface area contributed by atoms with Gasteiger partial charge in [0.05, 0.1) is 0 Å². The molecule has 1 rings (SSSR count). The van der Waals surface area contributed by atoms with E-state index >= 15 is 0 Å². The lowest BCUT2D eigenvalue weighted by molar-refractivity contribution is 0.298. The summed E-state index contributed by atoms with van der Waals surface area (Å²) in [4.78, 5) is 0. The minimum absolute atomic E-state index is 0.0220. The van der Waals surface area contributed by atoms with Crippen LogP contribution in [0.2, 0.25) is 0 Å². The number of halogens is 1. The quantitative estimate of drug-likeness (QED) is 0.528. The van der Waals surface area contributed by atoms with E-state index in [1.54, 1.807) is 0 Å². The Hall–Kier alpha value is -0.150. The van der Waals surface area contributed by atoms with E-state index in [2.05, 4.69) is 5.32 Å². The monoisotopic (exact) mass is 132 g/mol. The lowest BCUT2D eigenvalue weighted by atomic mass is 10.0. The molecule has 3 N–H and O–H groups in total. The first kappa shape index (κ1) is 6.96. The number of nitrogens with one attached hydrogen (secondary N) is 1. The van der Waals surface area contributed by atoms with Gasteiger partial charge in [0.2, 0.25) is 0 Å². The van der Waals surface area contributed by atoms with Gasteiger partial charge in [-0.2, -0.15) is 0 Å². The summed E-state index contributed by atoms with van der Waals surface area (Å²) in [5, 5.41) is 3.04. The average Bonchev–Trinajstić information content (AvgIpc) is 1.88. The Balaban J connectivity index is 2.23. The van der Waals surface area contributed by atoms with Crippen molar-refractivity contribution in [3.63, 3.8) is 0 Å². The maximum absolute atomic E-state index is 11.9. The molecule has 0 bridgehead atoms. The van der Waals surface area contributed by atoms with Gasteiger partial charge in [-0.3, -0.25) is 0 Å². The number of rotatable bonds is 1. The van der Waals surface area contributed by atoms with Gasteiger partial charge in [-0.15, -0.1) is 0 Å². The van der Waals surface area contributed by atoms with Gasteiger partial charge < -0.3 is 11.1 Å². The topological polar surface area (TPSA) is 38.0 Å². The maximum Gasteiger partial charge on any atom is 0.105 e. The summed E-state index contributed by atoms with van der Waals surface area (Å²) in [5.74, 6) is 0. The van der Waals surface area contributed by atoms with Gasteiger partial charge in [-0.05, 0) is 19.4 Å². The third-order valence-corrected chi connectivity index (χ3v) is 1.72. The van der Waals surface area contributed by atoms with E-state index in [4.69, 9.17) is 5.73 Å². The average molecular weight is 132 g/mol. The Labute approximate surface area is 54.6 Å². The first-order valence-corrected chi connectivity index (χ1v) is 3.38. The fourth-order valence-electron chi connectivity index (χ4n) is 1.16. The Morgan fingerprint density at radius 1 is 1.67 bits per heavy atom. The molecule has 9 heavy (non-hydrogen) atoms. The van der Waals surface area contributed by atoms with Gasteiger partial charge in [0.15, 0.2) is 0 Å². The summed E-state index contributed by atoms with van der Waals surface area (Å²) < 4.78 is 11.9. The van der Waals surface area contributed by atoms with Crippen molar-refractivity contribution in [3.05, 3.63) is 0 Å². The Kier molecular flexibility index (Phi) is 2.42. The van der Waals surface area contributed by atoms with Crippen LogP contribution in [-0.2, 0) is 0 Å². The highest BCUT2D eigenvalue weighted by molar-refractivity contribution is 4.79. The van der Waals surface area contributed by atoms with Gasteiger partial charge in [0.1, 0.15) is 6.67 Å². The Morgan fingerprint density at radius 2 is 2.44 bits per heavy atom. The molecule has 0 saturated carbocycles. The number of piperidine rings is 1. The fraction of sp³-hybridized carbons (Fsp3) is 1.00. The van der Waals surface area contributed by atoms with E-state index in [0.29, 0.717) is 0 Å². The Bertz CT molecular complexity index is 87.1. The molecule has 0 aromatic heterocycles. The molecule has 0 aromatic carbocycles. The molecule has 2 nitrogen and oxygen atoms in total. The molecule has 0 aliphatic carbocycles. The van der Waals surface area contributed by atoms with Crippen molar-refractivity contribution in [2.45, 2.75) is 24.9 Å².